The summed E-state index contributed by atoms with van der Waals surface area (Å²) in [6.07, 6.45) is 14.1. The van der Waals surface area contributed by atoms with Gasteiger partial charge in [-0.3, -0.25) is 34.3 Å². The van der Waals surface area contributed by atoms with E-state index in [1.807, 2.05) is 6.92 Å². The van der Waals surface area contributed by atoms with E-state index in [0.29, 0.717) is 19.6 Å². The van der Waals surface area contributed by atoms with Crippen LogP contribution in [0.5, 0.6) is 0 Å². The molecule has 0 fully saturated rings. The van der Waals surface area contributed by atoms with Crippen LogP contribution in [0, 0.1) is 16.7 Å². The third-order valence-corrected chi connectivity index (χ3v) is 18.6. The molecule has 4 rings (SSSR count). The maximum Gasteiger partial charge on any atom is 1.00 e. The zero-order chi connectivity index (χ0) is 44.4. The smallest absolute Gasteiger partial charge is 1.00 e. The Bertz CT molecular complexity index is 2000. The molecule has 320 valence electrons. The van der Waals surface area contributed by atoms with Gasteiger partial charge in [0.1, 0.15) is 15.4 Å². The van der Waals surface area contributed by atoms with Gasteiger partial charge in [-0.25, -0.2) is 14.8 Å². The van der Waals surface area contributed by atoms with Crippen LogP contribution in [0.4, 0.5) is 0 Å². The number of aromatic nitrogens is 6. The number of Topliss-reactive ketones (excluding diaryl/α,β-unsaturated/α-hetero) is 1. The molecule has 1 atom stereocenters. The van der Waals surface area contributed by atoms with E-state index < -0.39 is 23.5 Å². The van der Waals surface area contributed by atoms with Crippen LogP contribution < -0.4 is 34.7 Å². The zero-order valence-corrected chi connectivity index (χ0v) is 44.5. The Morgan fingerprint density at radius 1 is 0.847 bits per heavy atom. The Hall–Kier alpha value is -1.75. The minimum Gasteiger partial charge on any atom is -1.00 e. The molecule has 4 aromatic rings. The molecule has 59 heavy (non-hydrogen) atoms. The molecule has 1 unspecified atom stereocenters. The molecule has 0 bridgehead atoms. The molecule has 0 spiro atoms. The normalized spacial score (nSPS) is 10.0. The van der Waals surface area contributed by atoms with Gasteiger partial charge in [0.05, 0.1) is 49.0 Å². The van der Waals surface area contributed by atoms with Gasteiger partial charge in [0, 0.05) is 57.7 Å². The molecular weight excluding hydrogens is 962 g/mol. The van der Waals surface area contributed by atoms with Crippen molar-refractivity contribution in [2.45, 2.75) is 74.3 Å². The van der Waals surface area contributed by atoms with Crippen molar-refractivity contribution in [3.8, 4) is 10.6 Å². The molecule has 0 saturated heterocycles. The standard InChI is InChI=1S/C10H12N2O3.C8H6N2S3.C7H8N2O2.C5H10O2.C4H9O.Na.P2S5.H/c1-3-15-10(14)7(2)9(13)8-6-11-4-5-12-8;1-5-7(12-13-8(5)11)6-4-9-2-3-10-6;1-2-11-7(10)6-5-8-3-4-9-6;1-3-5(6)7-4-2;1-4(2,3)5;;3-1-2-5-7-6-4;/h4-7H,3H2,1-2H3;2-4H,1H3;3-5H,2H2,1H3;3-4H2,1-2H3;1-3H3;;;/q;;;;-1;+1;;-1. The quantitative estimate of drug-likeness (QED) is 0.0308. The van der Waals surface area contributed by atoms with Crippen molar-refractivity contribution in [2.24, 2.45) is 5.92 Å². The Balaban J connectivity index is -0.000000323. The molecule has 0 aromatic carbocycles. The molecule has 4 heterocycles. The van der Waals surface area contributed by atoms with Crippen LogP contribution in [0.25, 0.3) is 10.6 Å². The van der Waals surface area contributed by atoms with Crippen molar-refractivity contribution in [2.75, 3.05) is 19.8 Å². The van der Waals surface area contributed by atoms with Crippen LogP contribution in [-0.4, -0.2) is 79.0 Å². The number of carbonyl (C=O) groups excluding carboxylic acids is 4. The maximum atomic E-state index is 11.7. The molecule has 4 aromatic heterocycles. The zero-order valence-electron chi connectivity index (χ0n) is 35.2. The molecule has 0 aliphatic carbocycles. The van der Waals surface area contributed by atoms with Crippen LogP contribution in [0.15, 0.2) is 55.8 Å². The van der Waals surface area contributed by atoms with E-state index >= 15 is 0 Å². The number of carbonyl (C=O) groups is 4. The Labute approximate surface area is 403 Å². The third-order valence-electron chi connectivity index (χ3n) is 5.26. The van der Waals surface area contributed by atoms with Crippen molar-refractivity contribution in [1.29, 1.82) is 0 Å². The second kappa shape index (κ2) is 39.1. The molecule has 0 amide bonds. The molecule has 0 saturated carbocycles. The summed E-state index contributed by atoms with van der Waals surface area (Å²) in [5, 5.41) is 10.1. The summed E-state index contributed by atoms with van der Waals surface area (Å²) >= 11 is 14.4. The third kappa shape index (κ3) is 33.5. The fraction of sp³-hybridized carbons (Fsp3) is 0.441. The van der Waals surface area contributed by atoms with Gasteiger partial charge in [-0.2, -0.15) is 0 Å². The number of ketones is 1. The summed E-state index contributed by atoms with van der Waals surface area (Å²) in [6, 6.07) is 0. The first-order chi connectivity index (χ1) is 27.5. The first kappa shape index (κ1) is 61.5. The van der Waals surface area contributed by atoms with Crippen molar-refractivity contribution < 1.29 is 69.5 Å². The van der Waals surface area contributed by atoms with Gasteiger partial charge in [0.15, 0.2) is 11.5 Å². The van der Waals surface area contributed by atoms with Gasteiger partial charge in [0.25, 0.3) is 0 Å². The minimum absolute atomic E-state index is 0. The summed E-state index contributed by atoms with van der Waals surface area (Å²) in [6.45, 7) is 16.5. The van der Waals surface area contributed by atoms with E-state index in [9.17, 15) is 24.3 Å². The van der Waals surface area contributed by atoms with Crippen LogP contribution in [-0.2, 0) is 74.1 Å². The molecule has 14 nitrogen and oxygen atoms in total. The van der Waals surface area contributed by atoms with Crippen LogP contribution in [0.3, 0.4) is 0 Å². The number of hydrogen-bond donors (Lipinski definition) is 0. The first-order valence-corrected chi connectivity index (χ1v) is 27.9. The topological polar surface area (TPSA) is 196 Å². The van der Waals surface area contributed by atoms with E-state index in [4.69, 9.17) is 17.0 Å². The van der Waals surface area contributed by atoms with Crippen molar-refractivity contribution in [3.05, 3.63) is 76.5 Å². The number of rotatable bonds is 10. The summed E-state index contributed by atoms with van der Waals surface area (Å²) < 4.78 is 14.9. The summed E-state index contributed by atoms with van der Waals surface area (Å²) in [5.41, 5.74) is 1.73. The van der Waals surface area contributed by atoms with E-state index in [0.717, 1.165) is 27.0 Å². The van der Waals surface area contributed by atoms with Gasteiger partial charge in [-0.1, -0.05) is 60.6 Å². The summed E-state index contributed by atoms with van der Waals surface area (Å²) in [5.74, 6) is -2.29. The van der Waals surface area contributed by atoms with Gasteiger partial charge in [-0.15, -0.1) is 5.60 Å². The Morgan fingerprint density at radius 2 is 1.36 bits per heavy atom. The van der Waals surface area contributed by atoms with Gasteiger partial charge in [-0.05, 0) is 90.4 Å². The molecular formula is C34H46N6NaO8P2S8-. The predicted molar refractivity (Wildman–Crippen MR) is 247 cm³/mol. The number of hydrogen-bond acceptors (Lipinski definition) is 19. The maximum absolute atomic E-state index is 11.7. The van der Waals surface area contributed by atoms with Crippen molar-refractivity contribution >= 4 is 121 Å². The summed E-state index contributed by atoms with van der Waals surface area (Å²) in [4.78, 5) is 68.5. The Kier molecular flexibility index (Phi) is 40.8. The van der Waals surface area contributed by atoms with Crippen molar-refractivity contribution in [1.82, 2.24) is 29.9 Å². The van der Waals surface area contributed by atoms with Gasteiger partial charge >= 0.3 is 47.5 Å². The minimum atomic E-state index is -0.832. The first-order valence-electron chi connectivity index (χ1n) is 16.8. The van der Waals surface area contributed by atoms with Gasteiger partial charge in [0.2, 0.25) is 0 Å². The van der Waals surface area contributed by atoms with E-state index in [1.165, 1.54) is 60.0 Å². The average molecular weight is 1010 g/mol. The largest absolute Gasteiger partial charge is 1.00 e. The fourth-order valence-electron chi connectivity index (χ4n) is 2.88. The van der Waals surface area contributed by atoms with Crippen LogP contribution in [0.2, 0.25) is 0 Å². The summed E-state index contributed by atoms with van der Waals surface area (Å²) in [7, 11) is 10.1. The number of esters is 3. The molecule has 25 heteroatoms. The Morgan fingerprint density at radius 3 is 1.73 bits per heavy atom. The monoisotopic (exact) mass is 1010 g/mol. The SMILES string of the molecule is CC(C)(C)[O-].CCOC(=O)C(C)C(=O)c1cnccn1.CCOC(=O)CC.CCOC(=O)c1cnccn1.Cc1c(-c2cnccn2)ssc1=S.S=PP=S=S=S=S.[H-].[Na+]. The second-order valence-electron chi connectivity index (χ2n) is 10.9. The van der Waals surface area contributed by atoms with Gasteiger partial charge < -0.3 is 20.7 Å². The van der Waals surface area contributed by atoms with E-state index in [1.54, 1.807) is 106 Å². The number of ether oxygens (including phenoxy) is 3. The number of nitrogens with zero attached hydrogens (tertiary/aromatic N) is 6. The fourth-order valence-corrected chi connectivity index (χ4v) is 15.3. The molecule has 0 radical (unpaired) electrons. The van der Waals surface area contributed by atoms with E-state index in [-0.39, 0.29) is 60.7 Å². The van der Waals surface area contributed by atoms with E-state index in [2.05, 4.69) is 62.4 Å². The predicted octanol–water partition coefficient (Wildman–Crippen LogP) is 4.75. The van der Waals surface area contributed by atoms with Crippen LogP contribution in [0.1, 0.15) is 89.8 Å². The molecule has 0 N–H and O–H groups in total. The van der Waals surface area contributed by atoms with Crippen LogP contribution >= 0.6 is 47.0 Å². The van der Waals surface area contributed by atoms with Crippen molar-refractivity contribution in [3.63, 3.8) is 0 Å². The molecule has 0 aliphatic heterocycles. The second-order valence-corrected chi connectivity index (χ2v) is 23.4. The molecule has 0 aliphatic rings. The average Bonchev–Trinajstić information content (AvgIpc) is 3.56.